The molecular weight excluding hydrogens is 512 g/mol. The molecule has 1 amide bonds. The second-order valence-electron chi connectivity index (χ2n) is 8.52. The van der Waals surface area contributed by atoms with Crippen LogP contribution in [-0.4, -0.2) is 11.7 Å². The van der Waals surface area contributed by atoms with E-state index in [1.165, 1.54) is 11.8 Å². The van der Waals surface area contributed by atoms with Crippen molar-refractivity contribution in [1.82, 2.24) is 5.32 Å². The Bertz CT molecular complexity index is 1470. The molecule has 1 atom stereocenters. The molecule has 38 heavy (non-hydrogen) atoms. The number of nitrogens with one attached hydrogen (secondary N) is 1. The van der Waals surface area contributed by atoms with E-state index < -0.39 is 5.92 Å². The topological polar surface area (TPSA) is 70.0 Å². The van der Waals surface area contributed by atoms with Gasteiger partial charge in [-0.05, 0) is 29.3 Å². The number of allylic oxidation sites excluding steroid dienone is 1. The van der Waals surface area contributed by atoms with Gasteiger partial charge in [0.2, 0.25) is 0 Å². The van der Waals surface area contributed by atoms with Crippen molar-refractivity contribution in [3.05, 3.63) is 153 Å². The lowest BCUT2D eigenvalue weighted by atomic mass is 9.86. The maximum absolute atomic E-state index is 13.3. The standard InChI is InChI=1S/C32H25ClN2O2S/c33-29-19-11-10-18-26(29)27(20-30(36)24-14-6-2-7-15-24)28(21-34)32(38-22-23-12-4-1-5-13-23)35-31(37)25-16-8-3-9-17-25/h1-19,27H,20,22H2,(H,35,37). The van der Waals surface area contributed by atoms with E-state index in [-0.39, 0.29) is 23.7 Å². The van der Waals surface area contributed by atoms with Crippen LogP contribution in [0.3, 0.4) is 0 Å². The average molecular weight is 537 g/mol. The molecule has 0 spiro atoms. The number of ketones is 1. The Morgan fingerprint density at radius 1 is 0.789 bits per heavy atom. The van der Waals surface area contributed by atoms with E-state index in [2.05, 4.69) is 11.4 Å². The molecule has 1 N–H and O–H groups in total. The number of carbonyl (C=O) groups excluding carboxylic acids is 2. The maximum atomic E-state index is 13.3. The van der Waals surface area contributed by atoms with Crippen molar-refractivity contribution in [2.24, 2.45) is 0 Å². The van der Waals surface area contributed by atoms with Gasteiger partial charge in [-0.25, -0.2) is 0 Å². The predicted octanol–water partition coefficient (Wildman–Crippen LogP) is 7.80. The number of amides is 1. The Labute approximate surface area is 232 Å². The molecule has 0 aliphatic heterocycles. The molecule has 0 radical (unpaired) electrons. The molecule has 0 saturated heterocycles. The zero-order chi connectivity index (χ0) is 26.7. The first-order valence-corrected chi connectivity index (χ1v) is 13.4. The summed E-state index contributed by atoms with van der Waals surface area (Å²) in [5.41, 5.74) is 3.00. The van der Waals surface area contributed by atoms with Gasteiger partial charge in [-0.1, -0.05) is 109 Å². The Morgan fingerprint density at radius 3 is 1.95 bits per heavy atom. The van der Waals surface area contributed by atoms with Gasteiger partial charge in [0, 0.05) is 34.2 Å². The van der Waals surface area contributed by atoms with Crippen LogP contribution >= 0.6 is 23.4 Å². The summed E-state index contributed by atoms with van der Waals surface area (Å²) in [5, 5.41) is 14.3. The van der Waals surface area contributed by atoms with E-state index in [1.807, 2.05) is 54.6 Å². The van der Waals surface area contributed by atoms with E-state index >= 15 is 0 Å². The van der Waals surface area contributed by atoms with Crippen LogP contribution in [0.4, 0.5) is 0 Å². The SMILES string of the molecule is N#CC(=C(NC(=O)c1ccccc1)SCc1ccccc1)C(CC(=O)c1ccccc1)c1ccccc1Cl. The molecule has 0 fully saturated rings. The van der Waals surface area contributed by atoms with Gasteiger partial charge in [0.1, 0.15) is 0 Å². The molecule has 1 unspecified atom stereocenters. The largest absolute Gasteiger partial charge is 0.316 e. The second-order valence-corrected chi connectivity index (χ2v) is 9.91. The van der Waals surface area contributed by atoms with Gasteiger partial charge < -0.3 is 5.32 Å². The van der Waals surface area contributed by atoms with Crippen molar-refractivity contribution in [2.45, 2.75) is 18.1 Å². The summed E-state index contributed by atoms with van der Waals surface area (Å²) in [7, 11) is 0. The van der Waals surface area contributed by atoms with Gasteiger partial charge in [0.15, 0.2) is 5.78 Å². The van der Waals surface area contributed by atoms with E-state index in [4.69, 9.17) is 11.6 Å². The summed E-state index contributed by atoms with van der Waals surface area (Å²) in [6.07, 6.45) is 0.0211. The van der Waals surface area contributed by atoms with Gasteiger partial charge in [0.05, 0.1) is 16.7 Å². The molecule has 0 saturated carbocycles. The number of benzene rings is 4. The van der Waals surface area contributed by atoms with Crippen LogP contribution in [0.5, 0.6) is 0 Å². The zero-order valence-corrected chi connectivity index (χ0v) is 22.1. The fraction of sp³-hybridized carbons (Fsp3) is 0.0938. The number of carbonyl (C=O) groups is 2. The van der Waals surface area contributed by atoms with Crippen molar-refractivity contribution < 1.29 is 9.59 Å². The highest BCUT2D eigenvalue weighted by Gasteiger charge is 2.27. The second kappa shape index (κ2) is 13.4. The van der Waals surface area contributed by atoms with Gasteiger partial charge in [-0.2, -0.15) is 5.26 Å². The van der Waals surface area contributed by atoms with Gasteiger partial charge in [-0.3, -0.25) is 9.59 Å². The summed E-state index contributed by atoms with van der Waals surface area (Å²) < 4.78 is 0. The third-order valence-corrected chi connectivity index (χ3v) is 7.40. The highest BCUT2D eigenvalue weighted by atomic mass is 35.5. The fourth-order valence-corrected chi connectivity index (χ4v) is 5.29. The molecule has 4 rings (SSSR count). The number of rotatable bonds is 10. The first-order valence-electron chi connectivity index (χ1n) is 12.1. The van der Waals surface area contributed by atoms with Crippen molar-refractivity contribution >= 4 is 35.1 Å². The first kappa shape index (κ1) is 26.9. The van der Waals surface area contributed by atoms with Gasteiger partial charge >= 0.3 is 0 Å². The zero-order valence-electron chi connectivity index (χ0n) is 20.5. The quantitative estimate of drug-likeness (QED) is 0.166. The summed E-state index contributed by atoms with van der Waals surface area (Å²) in [4.78, 5) is 26.5. The number of nitriles is 1. The van der Waals surface area contributed by atoms with Gasteiger partial charge in [0.25, 0.3) is 5.91 Å². The molecule has 0 heterocycles. The third kappa shape index (κ3) is 7.01. The van der Waals surface area contributed by atoms with Crippen LogP contribution in [0.25, 0.3) is 0 Å². The van der Waals surface area contributed by atoms with Crippen LogP contribution in [0, 0.1) is 11.3 Å². The third-order valence-electron chi connectivity index (χ3n) is 5.97. The number of halogens is 1. The van der Waals surface area contributed by atoms with Crippen molar-refractivity contribution in [3.8, 4) is 6.07 Å². The molecular formula is C32H25ClN2O2S. The molecule has 0 aliphatic rings. The molecule has 4 nitrogen and oxygen atoms in total. The minimum Gasteiger partial charge on any atom is -0.316 e. The number of hydrogen-bond acceptors (Lipinski definition) is 4. The first-order chi connectivity index (χ1) is 18.6. The summed E-state index contributed by atoms with van der Waals surface area (Å²) in [6.45, 7) is 0. The molecule has 4 aromatic carbocycles. The average Bonchev–Trinajstić information content (AvgIpc) is 2.97. The Kier molecular flexibility index (Phi) is 9.53. The molecule has 188 valence electrons. The predicted molar refractivity (Wildman–Crippen MR) is 154 cm³/mol. The number of Topliss-reactive ketones (excluding diaryl/α,β-unsaturated/α-hetero) is 1. The van der Waals surface area contributed by atoms with Crippen LogP contribution in [0.15, 0.2) is 126 Å². The minimum atomic E-state index is -0.657. The smallest absolute Gasteiger partial charge is 0.256 e. The summed E-state index contributed by atoms with van der Waals surface area (Å²) in [5.74, 6) is -0.583. The van der Waals surface area contributed by atoms with Crippen molar-refractivity contribution in [2.75, 3.05) is 0 Å². The van der Waals surface area contributed by atoms with Crippen molar-refractivity contribution in [1.29, 1.82) is 5.26 Å². The monoisotopic (exact) mass is 536 g/mol. The van der Waals surface area contributed by atoms with E-state index in [0.29, 0.717) is 32.5 Å². The number of nitrogens with zero attached hydrogens (tertiary/aromatic N) is 1. The van der Waals surface area contributed by atoms with E-state index in [1.54, 1.807) is 60.7 Å². The van der Waals surface area contributed by atoms with E-state index in [9.17, 15) is 14.9 Å². The lowest BCUT2D eigenvalue weighted by Gasteiger charge is -2.21. The highest BCUT2D eigenvalue weighted by molar-refractivity contribution is 8.02. The summed E-state index contributed by atoms with van der Waals surface area (Å²) in [6, 6.07) is 37.1. The Balaban J connectivity index is 1.78. The normalized spacial score (nSPS) is 12.1. The van der Waals surface area contributed by atoms with E-state index in [0.717, 1.165) is 5.56 Å². The van der Waals surface area contributed by atoms with Crippen molar-refractivity contribution in [3.63, 3.8) is 0 Å². The van der Waals surface area contributed by atoms with Gasteiger partial charge in [-0.15, -0.1) is 11.8 Å². The Morgan fingerprint density at radius 2 is 1.34 bits per heavy atom. The lowest BCUT2D eigenvalue weighted by Crippen LogP contribution is -2.24. The van der Waals surface area contributed by atoms with Crippen LogP contribution in [0.1, 0.15) is 44.2 Å². The van der Waals surface area contributed by atoms with Crippen LogP contribution < -0.4 is 5.32 Å². The molecule has 0 aliphatic carbocycles. The highest BCUT2D eigenvalue weighted by Crippen LogP contribution is 2.38. The fourth-order valence-electron chi connectivity index (χ4n) is 4.02. The molecule has 4 aromatic rings. The molecule has 0 bridgehead atoms. The Hall–Kier alpha value is -4.11. The number of hydrogen-bond donors (Lipinski definition) is 1. The lowest BCUT2D eigenvalue weighted by molar-refractivity contribution is 0.0966. The van der Waals surface area contributed by atoms with Crippen LogP contribution in [0.2, 0.25) is 5.02 Å². The maximum Gasteiger partial charge on any atom is 0.256 e. The molecule has 0 aromatic heterocycles. The van der Waals surface area contributed by atoms with Crippen LogP contribution in [-0.2, 0) is 5.75 Å². The summed E-state index contributed by atoms with van der Waals surface area (Å²) >= 11 is 7.94. The minimum absolute atomic E-state index is 0.0211. The molecule has 6 heteroatoms. The number of thioether (sulfide) groups is 1.